The molecule has 2 heterocycles. The van der Waals surface area contributed by atoms with Gasteiger partial charge in [0.25, 0.3) is 0 Å². The normalized spacial score (nSPS) is 11.5. The predicted octanol–water partition coefficient (Wildman–Crippen LogP) is 7.12. The Morgan fingerprint density at radius 2 is 1.67 bits per heavy atom. The topological polar surface area (TPSA) is 37.8 Å². The van der Waals surface area contributed by atoms with Gasteiger partial charge in [0.2, 0.25) is 0 Å². The summed E-state index contributed by atoms with van der Waals surface area (Å²) in [6, 6.07) is 21.9. The molecule has 2 aromatic heterocycles. The van der Waals surface area contributed by atoms with Crippen molar-refractivity contribution in [3.8, 4) is 11.1 Å². The molecule has 0 amide bonds. The maximum absolute atomic E-state index is 4.68. The second-order valence-electron chi connectivity index (χ2n) is 7.29. The second kappa shape index (κ2) is 10.5. The van der Waals surface area contributed by atoms with E-state index in [-0.39, 0.29) is 0 Å². The van der Waals surface area contributed by atoms with Crippen LogP contribution in [0.4, 0.5) is 5.69 Å². The van der Waals surface area contributed by atoms with Crippen LogP contribution >= 0.6 is 0 Å². The minimum atomic E-state index is 0.447. The Morgan fingerprint density at radius 3 is 2.43 bits per heavy atom. The fraction of sp³-hybridized carbons (Fsp3) is 0.259. The monoisotopic (exact) mass is 397 g/mol. The van der Waals surface area contributed by atoms with Gasteiger partial charge in [0.1, 0.15) is 0 Å². The first-order valence-electron chi connectivity index (χ1n) is 10.9. The van der Waals surface area contributed by atoms with Crippen LogP contribution in [0.3, 0.4) is 0 Å². The molecular formula is C27H31N3. The van der Waals surface area contributed by atoms with E-state index in [1.807, 2.05) is 38.5 Å². The molecule has 0 aliphatic rings. The maximum Gasteiger partial charge on any atom is 0.0780 e. The van der Waals surface area contributed by atoms with E-state index in [1.54, 1.807) is 0 Å². The van der Waals surface area contributed by atoms with E-state index in [9.17, 15) is 0 Å². The number of benzene rings is 2. The molecule has 30 heavy (non-hydrogen) atoms. The number of hydrogen-bond acceptors (Lipinski definition) is 3. The molecule has 1 atom stereocenters. The SMILES string of the molecule is CC.CCC(C)Nc1cccc(-c2cc(Cc3ccncc3)cc3cccnc23)c1. The summed E-state index contributed by atoms with van der Waals surface area (Å²) in [5, 5.41) is 4.75. The van der Waals surface area contributed by atoms with Crippen molar-refractivity contribution in [3.05, 3.63) is 90.4 Å². The van der Waals surface area contributed by atoms with E-state index >= 15 is 0 Å². The van der Waals surface area contributed by atoms with Crippen LogP contribution in [0, 0.1) is 0 Å². The first kappa shape index (κ1) is 21.5. The van der Waals surface area contributed by atoms with Gasteiger partial charge >= 0.3 is 0 Å². The molecule has 1 N–H and O–H groups in total. The van der Waals surface area contributed by atoms with Crippen molar-refractivity contribution >= 4 is 16.6 Å². The smallest absolute Gasteiger partial charge is 0.0780 e. The lowest BCUT2D eigenvalue weighted by Gasteiger charge is -2.15. The number of nitrogens with zero attached hydrogens (tertiary/aromatic N) is 2. The molecule has 1 unspecified atom stereocenters. The number of fused-ring (bicyclic) bond motifs is 1. The Bertz CT molecular complexity index is 1070. The van der Waals surface area contributed by atoms with Crippen LogP contribution in [0.2, 0.25) is 0 Å². The molecule has 3 nitrogen and oxygen atoms in total. The summed E-state index contributed by atoms with van der Waals surface area (Å²) in [6.07, 6.45) is 7.54. The predicted molar refractivity (Wildman–Crippen MR) is 129 cm³/mol. The molecule has 4 rings (SSSR count). The van der Waals surface area contributed by atoms with Crippen molar-refractivity contribution in [1.29, 1.82) is 0 Å². The van der Waals surface area contributed by atoms with Crippen molar-refractivity contribution in [2.24, 2.45) is 0 Å². The van der Waals surface area contributed by atoms with Gasteiger partial charge in [0.05, 0.1) is 5.52 Å². The highest BCUT2D eigenvalue weighted by molar-refractivity contribution is 5.94. The molecule has 0 bridgehead atoms. The van der Waals surface area contributed by atoms with Crippen LogP contribution in [0.1, 0.15) is 45.2 Å². The van der Waals surface area contributed by atoms with Gasteiger partial charge in [0.15, 0.2) is 0 Å². The number of anilines is 1. The zero-order valence-electron chi connectivity index (χ0n) is 18.4. The molecule has 0 fully saturated rings. The third kappa shape index (κ3) is 5.24. The Morgan fingerprint density at radius 1 is 0.867 bits per heavy atom. The van der Waals surface area contributed by atoms with E-state index < -0.39 is 0 Å². The van der Waals surface area contributed by atoms with Gasteiger partial charge < -0.3 is 5.32 Å². The summed E-state index contributed by atoms with van der Waals surface area (Å²) >= 11 is 0. The molecule has 0 saturated carbocycles. The van der Waals surface area contributed by atoms with Gasteiger partial charge in [-0.15, -0.1) is 0 Å². The van der Waals surface area contributed by atoms with Crippen LogP contribution in [-0.2, 0) is 6.42 Å². The summed E-state index contributed by atoms with van der Waals surface area (Å²) in [4.78, 5) is 8.81. The van der Waals surface area contributed by atoms with E-state index in [0.717, 1.165) is 24.0 Å². The summed E-state index contributed by atoms with van der Waals surface area (Å²) in [6.45, 7) is 8.40. The lowest BCUT2D eigenvalue weighted by atomic mass is 9.95. The molecule has 0 spiro atoms. The van der Waals surface area contributed by atoms with Crippen molar-refractivity contribution in [3.63, 3.8) is 0 Å². The summed E-state index contributed by atoms with van der Waals surface area (Å²) in [5.41, 5.74) is 7.10. The Kier molecular flexibility index (Phi) is 7.56. The zero-order chi connectivity index (χ0) is 21.3. The number of nitrogens with one attached hydrogen (secondary N) is 1. The zero-order valence-corrected chi connectivity index (χ0v) is 18.4. The standard InChI is InChI=1S/C25H25N3.C2H6/c1-3-18(2)28-23-8-4-6-21(17-23)24-16-20(14-19-9-12-26-13-10-19)15-22-7-5-11-27-25(22)24;1-2/h4-13,15-18,28H,3,14H2,1-2H3;1-2H3. The first-order valence-corrected chi connectivity index (χ1v) is 10.9. The highest BCUT2D eigenvalue weighted by Gasteiger charge is 2.10. The quantitative estimate of drug-likeness (QED) is 0.376. The lowest BCUT2D eigenvalue weighted by Crippen LogP contribution is -2.13. The average Bonchev–Trinajstić information content (AvgIpc) is 2.80. The molecule has 3 heteroatoms. The highest BCUT2D eigenvalue weighted by atomic mass is 14.9. The Hall–Kier alpha value is -3.20. The molecule has 0 saturated heterocycles. The molecule has 154 valence electrons. The third-order valence-electron chi connectivity index (χ3n) is 5.12. The molecule has 0 aliphatic carbocycles. The van der Waals surface area contributed by atoms with Crippen LogP contribution in [0.5, 0.6) is 0 Å². The minimum absolute atomic E-state index is 0.447. The van der Waals surface area contributed by atoms with Gasteiger partial charge in [-0.1, -0.05) is 39.0 Å². The van der Waals surface area contributed by atoms with Crippen molar-refractivity contribution < 1.29 is 0 Å². The fourth-order valence-corrected chi connectivity index (χ4v) is 3.48. The van der Waals surface area contributed by atoms with E-state index in [0.29, 0.717) is 6.04 Å². The van der Waals surface area contributed by atoms with Gasteiger partial charge in [-0.3, -0.25) is 9.97 Å². The fourth-order valence-electron chi connectivity index (χ4n) is 3.48. The van der Waals surface area contributed by atoms with Gasteiger partial charge in [0, 0.05) is 41.3 Å². The van der Waals surface area contributed by atoms with Crippen LogP contribution in [0.15, 0.2) is 79.3 Å². The number of pyridine rings is 2. The number of aromatic nitrogens is 2. The van der Waals surface area contributed by atoms with Gasteiger partial charge in [-0.25, -0.2) is 0 Å². The summed E-state index contributed by atoms with van der Waals surface area (Å²) in [5.74, 6) is 0. The lowest BCUT2D eigenvalue weighted by molar-refractivity contribution is 0.764. The Balaban J connectivity index is 0.00000124. The number of hydrogen-bond donors (Lipinski definition) is 1. The van der Waals surface area contributed by atoms with E-state index in [1.165, 1.54) is 27.6 Å². The van der Waals surface area contributed by atoms with Gasteiger partial charge in [-0.05, 0) is 78.9 Å². The van der Waals surface area contributed by atoms with E-state index in [4.69, 9.17) is 0 Å². The average molecular weight is 398 g/mol. The Labute approximate surface area is 180 Å². The largest absolute Gasteiger partial charge is 0.383 e. The molecular weight excluding hydrogens is 366 g/mol. The van der Waals surface area contributed by atoms with E-state index in [2.05, 4.69) is 83.7 Å². The van der Waals surface area contributed by atoms with Crippen molar-refractivity contribution in [2.75, 3.05) is 5.32 Å². The van der Waals surface area contributed by atoms with Crippen LogP contribution < -0.4 is 5.32 Å². The minimum Gasteiger partial charge on any atom is -0.383 e. The number of rotatable bonds is 6. The molecule has 2 aromatic carbocycles. The summed E-state index contributed by atoms with van der Waals surface area (Å²) in [7, 11) is 0. The molecule has 4 aromatic rings. The van der Waals surface area contributed by atoms with Crippen LogP contribution in [-0.4, -0.2) is 16.0 Å². The van der Waals surface area contributed by atoms with Crippen molar-refractivity contribution in [1.82, 2.24) is 9.97 Å². The van der Waals surface area contributed by atoms with Crippen molar-refractivity contribution in [2.45, 2.75) is 46.6 Å². The highest BCUT2D eigenvalue weighted by Crippen LogP contribution is 2.31. The molecule has 0 radical (unpaired) electrons. The molecule has 0 aliphatic heterocycles. The van der Waals surface area contributed by atoms with Crippen LogP contribution in [0.25, 0.3) is 22.0 Å². The summed E-state index contributed by atoms with van der Waals surface area (Å²) < 4.78 is 0. The second-order valence-corrected chi connectivity index (χ2v) is 7.29. The third-order valence-corrected chi connectivity index (χ3v) is 5.12. The maximum atomic E-state index is 4.68. The van der Waals surface area contributed by atoms with Gasteiger partial charge in [-0.2, -0.15) is 0 Å². The first-order chi connectivity index (χ1) is 14.7.